The summed E-state index contributed by atoms with van der Waals surface area (Å²) in [6.45, 7) is 8.83. The molecule has 3 unspecified atom stereocenters. The number of carboxylic acids is 3. The molecule has 3 saturated heterocycles. The van der Waals surface area contributed by atoms with Gasteiger partial charge in [-0.05, 0) is 76.1 Å². The summed E-state index contributed by atoms with van der Waals surface area (Å²) in [6, 6.07) is 9.94. The Bertz CT molecular complexity index is 4600. The van der Waals surface area contributed by atoms with Gasteiger partial charge >= 0.3 is 17.9 Å². The number of hydrazone groups is 1. The van der Waals surface area contributed by atoms with Crippen LogP contribution in [-0.4, -0.2) is 438 Å². The SMILES string of the molecule is C[C@@H]1O[C@H](COCCOCCOCCOCCNC(=O)CCOCC(COCCC(=O)NCCOCCOCCOCCOC[C@H]2O[C@@H](C)C(n3cc(C(=O)O)nn3)[C@@H](O)[C@H]2O)(COCCC(=O)NCCOCCOCCOCCOC[C@H]2O[C@@H](C)[C@H](C3C=C(C(=O)O)N=N3)C[C@H]2O)NC(=O)CCCOc2ccc3nc(C(C=Nc4ccc(O)c(F)c4)=NN)ccc3c2)[C@H](O)[C@H](O)C1n1cc(C(=O)O)nn1. The lowest BCUT2D eigenvalue weighted by atomic mass is 9.85. The van der Waals surface area contributed by atoms with Gasteiger partial charge in [-0.1, -0.05) is 16.5 Å². The third-order valence-corrected chi connectivity index (χ3v) is 22.2. The Morgan fingerprint density at radius 2 is 0.936 bits per heavy atom. The molecule has 7 heterocycles. The lowest BCUT2D eigenvalue weighted by Crippen LogP contribution is -2.58. The third kappa shape index (κ3) is 40.0. The number of azo groups is 1. The largest absolute Gasteiger partial charge is 0.505 e. The topological polar surface area (TPSA) is 675 Å². The number of fused-ring (bicyclic) bond motifs is 1. The van der Waals surface area contributed by atoms with E-state index in [1.807, 2.05) is 6.92 Å². The van der Waals surface area contributed by atoms with Crippen LogP contribution in [0.1, 0.15) is 98.1 Å². The van der Waals surface area contributed by atoms with Crippen molar-refractivity contribution < 1.29 is 174 Å². The predicted molar refractivity (Wildman–Crippen MR) is 487 cm³/mol. The van der Waals surface area contributed by atoms with Gasteiger partial charge in [0.2, 0.25) is 23.6 Å². The van der Waals surface area contributed by atoms with Gasteiger partial charge in [0.05, 0.1) is 271 Å². The van der Waals surface area contributed by atoms with Crippen LogP contribution in [0.3, 0.4) is 0 Å². The maximum absolute atomic E-state index is 14.2. The Morgan fingerprint density at radius 3 is 1.36 bits per heavy atom. The number of aliphatic hydroxyl groups is 5. The molecule has 5 aromatic rings. The van der Waals surface area contributed by atoms with Crippen molar-refractivity contribution in [2.75, 3.05) is 224 Å². The van der Waals surface area contributed by atoms with Gasteiger partial charge in [-0.2, -0.15) is 10.2 Å². The molecule has 3 aromatic heterocycles. The zero-order valence-electron chi connectivity index (χ0n) is 78.9. The zero-order valence-corrected chi connectivity index (χ0v) is 78.9. The molecule has 0 aliphatic carbocycles. The number of halogens is 1. The van der Waals surface area contributed by atoms with Crippen LogP contribution in [-0.2, 0) is 109 Å². The van der Waals surface area contributed by atoms with Gasteiger partial charge in [0.1, 0.15) is 71.8 Å². The van der Waals surface area contributed by atoms with E-state index in [4.69, 9.17) is 95.8 Å². The van der Waals surface area contributed by atoms with Gasteiger partial charge in [-0.15, -0.1) is 15.3 Å². The minimum absolute atomic E-state index is 0.0590. The molecular weight excluding hydrogens is 1870 g/mol. The monoisotopic (exact) mass is 2000 g/mol. The number of carbonyl (C=O) groups excluding carboxylic acids is 4. The molecule has 51 nitrogen and oxygen atoms in total. The van der Waals surface area contributed by atoms with Gasteiger partial charge in [-0.3, -0.25) is 24.2 Å². The number of phenolic OH excluding ortho intramolecular Hbond substituents is 1. The number of aromatic nitrogens is 7. The molecule has 9 rings (SSSR count). The molecule has 0 bridgehead atoms. The number of carboxylic acid groups (broad SMARTS) is 3. The summed E-state index contributed by atoms with van der Waals surface area (Å²) in [5, 5.41) is 129. The number of nitrogens with zero attached hydrogens (tertiary/aromatic N) is 11. The molecule has 141 heavy (non-hydrogen) atoms. The maximum atomic E-state index is 14.2. The number of nitrogens with one attached hydrogen (secondary N) is 4. The van der Waals surface area contributed by atoms with E-state index < -0.39 is 120 Å². The number of amides is 4. The van der Waals surface area contributed by atoms with Crippen LogP contribution in [0.5, 0.6) is 11.5 Å². The zero-order chi connectivity index (χ0) is 101. The molecule has 0 saturated carbocycles. The molecule has 15 N–H and O–H groups in total. The minimum atomic E-state index is -1.48. The van der Waals surface area contributed by atoms with E-state index in [1.165, 1.54) is 24.4 Å². The first-order chi connectivity index (χ1) is 68.2. The first-order valence-corrected chi connectivity index (χ1v) is 46.3. The Kier molecular flexibility index (Phi) is 50.8. The van der Waals surface area contributed by atoms with Crippen LogP contribution < -0.4 is 31.8 Å². The fraction of sp³-hybridized carbons (Fsp3) is 0.663. The van der Waals surface area contributed by atoms with Crippen LogP contribution in [0.15, 0.2) is 93.0 Å². The smallest absolute Gasteiger partial charge is 0.358 e. The fourth-order valence-electron chi connectivity index (χ4n) is 14.8. The van der Waals surface area contributed by atoms with E-state index in [1.54, 1.807) is 44.2 Å². The predicted octanol–water partition coefficient (Wildman–Crippen LogP) is -1.04. The number of aliphatic carboxylic acids is 1. The summed E-state index contributed by atoms with van der Waals surface area (Å²) < 4.78 is 126. The maximum Gasteiger partial charge on any atom is 0.358 e. The number of pyridine rings is 1. The number of phenols is 1. The van der Waals surface area contributed by atoms with Crippen LogP contribution >= 0.6 is 0 Å². The van der Waals surface area contributed by atoms with E-state index in [-0.39, 0.29) is 315 Å². The summed E-state index contributed by atoms with van der Waals surface area (Å²) in [6.07, 6.45) is -5.10. The number of hydrogen-bond donors (Lipinski definition) is 14. The second-order valence-electron chi connectivity index (χ2n) is 32.8. The first-order valence-electron chi connectivity index (χ1n) is 46.3. The van der Waals surface area contributed by atoms with Crippen molar-refractivity contribution in [3.05, 3.63) is 95.6 Å². The molecule has 4 aliphatic heterocycles. The average molecular weight is 2000 g/mol. The molecule has 3 fully saturated rings. The molecule has 4 amide bonds. The van der Waals surface area contributed by atoms with Crippen molar-refractivity contribution in [2.45, 2.75) is 150 Å². The third-order valence-electron chi connectivity index (χ3n) is 22.2. The highest BCUT2D eigenvalue weighted by atomic mass is 19.1. The van der Waals surface area contributed by atoms with Crippen molar-refractivity contribution in [1.82, 2.24) is 56.2 Å². The van der Waals surface area contributed by atoms with Crippen molar-refractivity contribution in [2.24, 2.45) is 32.1 Å². The number of aromatic hydroxyl groups is 1. The molecule has 2 aromatic carbocycles. The molecule has 0 radical (unpaired) electrons. The Labute approximate surface area is 810 Å². The first kappa shape index (κ1) is 114. The van der Waals surface area contributed by atoms with Crippen molar-refractivity contribution in [3.8, 4) is 11.5 Å². The lowest BCUT2D eigenvalue weighted by molar-refractivity contribution is -0.206. The highest BCUT2D eigenvalue weighted by Crippen LogP contribution is 2.35. The van der Waals surface area contributed by atoms with Gasteiger partial charge < -0.3 is 163 Å². The molecular formula is C89H131FN16O35. The van der Waals surface area contributed by atoms with Gasteiger partial charge in [0.15, 0.2) is 28.7 Å². The van der Waals surface area contributed by atoms with Crippen LogP contribution in [0.4, 0.5) is 10.1 Å². The number of aromatic carboxylic acids is 2. The Balaban J connectivity index is 0.695. The highest BCUT2D eigenvalue weighted by Gasteiger charge is 2.47. The molecule has 4 aliphatic rings. The Morgan fingerprint density at radius 1 is 0.496 bits per heavy atom. The number of ether oxygens (including phenoxy) is 19. The van der Waals surface area contributed by atoms with Crippen LogP contribution in [0, 0.1) is 11.7 Å². The Hall–Kier alpha value is -10.5. The number of aliphatic imine (C=N–C) groups is 1. The summed E-state index contributed by atoms with van der Waals surface area (Å²) in [4.78, 5) is 96.5. The molecule has 15 atom stereocenters. The van der Waals surface area contributed by atoms with E-state index in [9.17, 15) is 83.9 Å². The lowest BCUT2D eigenvalue weighted by Gasteiger charge is -2.41. The second kappa shape index (κ2) is 62.8. The normalized spacial score (nSPS) is 22.4. The number of carbonyl (C=O) groups is 7. The van der Waals surface area contributed by atoms with Crippen LogP contribution in [0.25, 0.3) is 10.9 Å². The number of aliphatic hydroxyl groups excluding tert-OH is 5. The summed E-state index contributed by atoms with van der Waals surface area (Å²) in [5.41, 5.74) is -0.961. The molecule has 0 spiro atoms. The number of benzene rings is 2. The van der Waals surface area contributed by atoms with Gasteiger partial charge in [0.25, 0.3) is 0 Å². The number of rotatable bonds is 72. The van der Waals surface area contributed by atoms with E-state index >= 15 is 0 Å². The summed E-state index contributed by atoms with van der Waals surface area (Å²) in [5.74, 6) is -0.837. The van der Waals surface area contributed by atoms with Gasteiger partial charge in [-0.25, -0.2) is 33.1 Å². The standard InChI is InChI=1S/C89H131FN16O35/c1-56-62(66-46-67(86(117)118)100-99-66)45-72(108)73(139-56)50-132-40-37-129-34-31-126-28-25-123-22-15-92-76(109)12-19-135-53-89(97-79(112)5-4-18-138-61-8-10-64-59(43-61)6-9-65(96-64)68(98-91)47-95-60-7-11-71(107)63(90)44-60,54-136-20-13-77(110)93-16-23-124-26-29-127-32-35-130-38-41-133-51-74-82(113)84(115)80(57(2)140-74)105-48-69(87(119)120)101-103-105)55-137-21-14-78(111)94-17-24-125-27-30-128-33-36-131-39-42-134-52-75-83(114)85(116)81(58(3)141-75)106-49-70(88(121)122)102-104-106/h6-11,43-44,46-49,56-58,62,66,72-75,80-85,107-108,113-116H,4-5,12-42,45,50-55,91H2,1-3H3,(H,92,109)(H,93,110)(H,94,111)(H,97,112)(H,117,118)(H,119,120)(H,121,122)/t56-,57-,58-,62+,66?,72+,73+,74+,75+,80?,81?,82-,83-,84+,85+,89?/m0/s1. The van der Waals surface area contributed by atoms with Crippen molar-refractivity contribution in [1.29, 1.82) is 0 Å². The summed E-state index contributed by atoms with van der Waals surface area (Å²) >= 11 is 0. The van der Waals surface area contributed by atoms with E-state index in [2.05, 4.69) is 67.2 Å². The van der Waals surface area contributed by atoms with Crippen molar-refractivity contribution >= 4 is 70.1 Å². The highest BCUT2D eigenvalue weighted by molar-refractivity contribution is 6.38. The van der Waals surface area contributed by atoms with E-state index in [0.717, 1.165) is 27.8 Å². The van der Waals surface area contributed by atoms with Crippen LogP contribution in [0.2, 0.25) is 0 Å². The van der Waals surface area contributed by atoms with E-state index in [0.29, 0.717) is 28.8 Å². The fourth-order valence-corrected chi connectivity index (χ4v) is 14.8. The number of nitrogens with two attached hydrogens (primary N) is 1. The average Bonchev–Trinajstić information content (AvgIpc) is 1.75. The number of hydrogen-bond acceptors (Lipinski definition) is 42. The van der Waals surface area contributed by atoms with Gasteiger partial charge in [0, 0.05) is 62.7 Å². The summed E-state index contributed by atoms with van der Waals surface area (Å²) in [7, 11) is 0. The molecule has 784 valence electrons. The quantitative estimate of drug-likeness (QED) is 0.00957. The second-order valence-corrected chi connectivity index (χ2v) is 32.8. The van der Waals surface area contributed by atoms with Crippen molar-refractivity contribution in [3.63, 3.8) is 0 Å². The molecule has 52 heteroatoms. The minimum Gasteiger partial charge on any atom is -0.505 e.